The van der Waals surface area contributed by atoms with Crippen LogP contribution in [-0.2, 0) is 0 Å². The van der Waals surface area contributed by atoms with Gasteiger partial charge >= 0.3 is 0 Å². The lowest BCUT2D eigenvalue weighted by Gasteiger charge is -2.20. The van der Waals surface area contributed by atoms with Crippen LogP contribution in [0.3, 0.4) is 0 Å². The summed E-state index contributed by atoms with van der Waals surface area (Å²) in [6.45, 7) is 7.58. The predicted octanol–water partition coefficient (Wildman–Crippen LogP) is 3.38. The Morgan fingerprint density at radius 2 is 1.35 bits per heavy atom. The Bertz CT molecular complexity index is 368. The first-order valence-electron chi connectivity index (χ1n) is 9.83. The summed E-state index contributed by atoms with van der Waals surface area (Å²) in [5.74, 6) is 0.0934. The molecule has 0 aliphatic carbocycles. The van der Waals surface area contributed by atoms with Gasteiger partial charge in [-0.1, -0.05) is 19.1 Å². The molecule has 156 valence electrons. The highest BCUT2D eigenvalue weighted by Crippen LogP contribution is 2.23. The Kier molecular flexibility index (Phi) is 15.4. The molecule has 4 N–H and O–H groups in total. The number of aliphatic hydroxyl groups is 4. The van der Waals surface area contributed by atoms with E-state index in [1.54, 1.807) is 0 Å². The van der Waals surface area contributed by atoms with E-state index in [4.69, 9.17) is 5.11 Å². The molecule has 6 heteroatoms. The van der Waals surface area contributed by atoms with Crippen LogP contribution in [0.5, 0.6) is 0 Å². The van der Waals surface area contributed by atoms with Crippen molar-refractivity contribution in [1.29, 1.82) is 0 Å². The van der Waals surface area contributed by atoms with Crippen molar-refractivity contribution in [3.8, 4) is 0 Å². The normalized spacial score (nSPS) is 18.8. The Morgan fingerprint density at radius 3 is 1.85 bits per heavy atom. The molecule has 0 aromatic heterocycles. The summed E-state index contributed by atoms with van der Waals surface area (Å²) in [6, 6.07) is 0. The Morgan fingerprint density at radius 1 is 0.846 bits per heavy atom. The van der Waals surface area contributed by atoms with Crippen LogP contribution >= 0.6 is 25.3 Å². The molecule has 6 unspecified atom stereocenters. The third-order valence-corrected chi connectivity index (χ3v) is 6.32. The zero-order valence-corrected chi connectivity index (χ0v) is 18.2. The second kappa shape index (κ2) is 15.2. The summed E-state index contributed by atoms with van der Waals surface area (Å²) in [7, 11) is 0. The SMILES string of the molecule is C=C(C)C(O)CCCC(S)C(S)CCCC(O)CCC(O)CC(C)CO. The monoisotopic (exact) mass is 408 g/mol. The minimum atomic E-state index is -0.458. The van der Waals surface area contributed by atoms with E-state index in [1.807, 2.05) is 13.8 Å². The molecule has 0 saturated carbocycles. The van der Waals surface area contributed by atoms with Crippen LogP contribution in [0.15, 0.2) is 12.2 Å². The minimum Gasteiger partial charge on any atom is -0.396 e. The lowest BCUT2D eigenvalue weighted by atomic mass is 9.98. The fourth-order valence-electron chi connectivity index (χ4n) is 2.90. The molecule has 0 radical (unpaired) electrons. The molecule has 0 aromatic rings. The molecule has 4 nitrogen and oxygen atoms in total. The molecule has 0 heterocycles. The lowest BCUT2D eigenvalue weighted by molar-refractivity contribution is 0.0848. The Hall–Kier alpha value is 0.280. The van der Waals surface area contributed by atoms with Crippen LogP contribution in [0.2, 0.25) is 0 Å². The summed E-state index contributed by atoms with van der Waals surface area (Å²) in [5.41, 5.74) is 0.799. The fourth-order valence-corrected chi connectivity index (χ4v) is 3.56. The van der Waals surface area contributed by atoms with Gasteiger partial charge in [-0.15, -0.1) is 0 Å². The number of rotatable bonds is 16. The summed E-state index contributed by atoms with van der Waals surface area (Å²) >= 11 is 9.24. The van der Waals surface area contributed by atoms with Gasteiger partial charge in [0.05, 0.1) is 18.3 Å². The van der Waals surface area contributed by atoms with Gasteiger partial charge in [0, 0.05) is 17.1 Å². The first-order chi connectivity index (χ1) is 12.2. The smallest absolute Gasteiger partial charge is 0.0744 e. The second-order valence-electron chi connectivity index (χ2n) is 7.77. The van der Waals surface area contributed by atoms with E-state index >= 15 is 0 Å². The fraction of sp³-hybridized carbons (Fsp3) is 0.900. The van der Waals surface area contributed by atoms with Crippen molar-refractivity contribution in [1.82, 2.24) is 0 Å². The number of hydrogen-bond donors (Lipinski definition) is 6. The van der Waals surface area contributed by atoms with Crippen molar-refractivity contribution in [2.75, 3.05) is 6.61 Å². The topological polar surface area (TPSA) is 80.9 Å². The maximum absolute atomic E-state index is 10.1. The zero-order chi connectivity index (χ0) is 20.1. The largest absolute Gasteiger partial charge is 0.396 e. The highest BCUT2D eigenvalue weighted by atomic mass is 32.1. The highest BCUT2D eigenvalue weighted by Gasteiger charge is 2.16. The molecule has 6 atom stereocenters. The maximum atomic E-state index is 10.1. The zero-order valence-electron chi connectivity index (χ0n) is 16.4. The summed E-state index contributed by atoms with van der Waals surface area (Å²) in [6.07, 6.45) is 5.41. The second-order valence-corrected chi connectivity index (χ2v) is 9.09. The number of aliphatic hydroxyl groups excluding tert-OH is 4. The molecular formula is C20H40O4S2. The van der Waals surface area contributed by atoms with Gasteiger partial charge in [0.25, 0.3) is 0 Å². The van der Waals surface area contributed by atoms with E-state index in [1.165, 1.54) is 0 Å². The minimum absolute atomic E-state index is 0.0833. The van der Waals surface area contributed by atoms with Gasteiger partial charge in [0.1, 0.15) is 0 Å². The van der Waals surface area contributed by atoms with Crippen LogP contribution in [0.25, 0.3) is 0 Å². The van der Waals surface area contributed by atoms with Gasteiger partial charge in [0.15, 0.2) is 0 Å². The first-order valence-corrected chi connectivity index (χ1v) is 10.9. The van der Waals surface area contributed by atoms with Crippen molar-refractivity contribution >= 4 is 25.3 Å². The van der Waals surface area contributed by atoms with Crippen molar-refractivity contribution < 1.29 is 20.4 Å². The molecule has 0 spiro atoms. The van der Waals surface area contributed by atoms with E-state index in [0.717, 1.165) is 31.3 Å². The Balaban J connectivity index is 3.81. The van der Waals surface area contributed by atoms with E-state index < -0.39 is 18.3 Å². The lowest BCUT2D eigenvalue weighted by Crippen LogP contribution is -2.19. The van der Waals surface area contributed by atoms with E-state index in [9.17, 15) is 15.3 Å². The molecule has 0 saturated heterocycles. The van der Waals surface area contributed by atoms with Crippen molar-refractivity contribution in [3.63, 3.8) is 0 Å². The molecule has 0 fully saturated rings. The van der Waals surface area contributed by atoms with Crippen LogP contribution in [0, 0.1) is 5.92 Å². The third-order valence-electron chi connectivity index (χ3n) is 4.85. The Labute approximate surface area is 170 Å². The van der Waals surface area contributed by atoms with Gasteiger partial charge in [0.2, 0.25) is 0 Å². The van der Waals surface area contributed by atoms with Gasteiger partial charge in [-0.05, 0) is 70.6 Å². The summed E-state index contributed by atoms with van der Waals surface area (Å²) in [5, 5.41) is 39.0. The average molecular weight is 409 g/mol. The van der Waals surface area contributed by atoms with Gasteiger partial charge in [-0.2, -0.15) is 25.3 Å². The van der Waals surface area contributed by atoms with E-state index in [0.29, 0.717) is 32.1 Å². The average Bonchev–Trinajstić information content (AvgIpc) is 2.59. The molecule has 0 amide bonds. The quantitative estimate of drug-likeness (QED) is 0.175. The number of thiol groups is 2. The molecule has 0 rings (SSSR count). The first kappa shape index (κ1) is 26.3. The number of hydrogen-bond acceptors (Lipinski definition) is 6. The maximum Gasteiger partial charge on any atom is 0.0744 e. The molecule has 0 aliphatic heterocycles. The van der Waals surface area contributed by atoms with Crippen molar-refractivity contribution in [3.05, 3.63) is 12.2 Å². The molecule has 0 aromatic carbocycles. The van der Waals surface area contributed by atoms with Crippen LogP contribution in [0.1, 0.15) is 71.6 Å². The summed E-state index contributed by atoms with van der Waals surface area (Å²) in [4.78, 5) is 0. The summed E-state index contributed by atoms with van der Waals surface area (Å²) < 4.78 is 0. The third kappa shape index (κ3) is 13.4. The molecular weight excluding hydrogens is 368 g/mol. The van der Waals surface area contributed by atoms with Gasteiger partial charge in [-0.3, -0.25) is 0 Å². The molecule has 26 heavy (non-hydrogen) atoms. The van der Waals surface area contributed by atoms with Gasteiger partial charge in [-0.25, -0.2) is 0 Å². The van der Waals surface area contributed by atoms with Crippen LogP contribution in [-0.4, -0.2) is 55.8 Å². The van der Waals surface area contributed by atoms with Crippen LogP contribution in [0.4, 0.5) is 0 Å². The standard InChI is InChI=1S/C20H40O4S2/c1-14(2)18(24)7-5-9-20(26)19(25)8-4-6-16(22)10-11-17(23)12-15(3)13-21/h15-26H,1,4-13H2,2-3H3. The van der Waals surface area contributed by atoms with E-state index in [-0.39, 0.29) is 23.0 Å². The highest BCUT2D eigenvalue weighted by molar-refractivity contribution is 7.85. The molecule has 0 bridgehead atoms. The molecule has 0 aliphatic rings. The van der Waals surface area contributed by atoms with Crippen molar-refractivity contribution in [2.45, 2.75) is 100 Å². The van der Waals surface area contributed by atoms with Crippen molar-refractivity contribution in [2.24, 2.45) is 5.92 Å². The van der Waals surface area contributed by atoms with Gasteiger partial charge < -0.3 is 20.4 Å². The van der Waals surface area contributed by atoms with Crippen LogP contribution < -0.4 is 0 Å². The predicted molar refractivity (Wildman–Crippen MR) is 116 cm³/mol. The van der Waals surface area contributed by atoms with E-state index in [2.05, 4.69) is 31.8 Å².